The second-order valence-corrected chi connectivity index (χ2v) is 3.98. The normalized spacial score (nSPS) is 29.5. The molecule has 13 heavy (non-hydrogen) atoms. The fourth-order valence-corrected chi connectivity index (χ4v) is 1.65. The Hall–Kier alpha value is -0.590. The van der Waals surface area contributed by atoms with E-state index in [1.54, 1.807) is 0 Å². The number of rotatable bonds is 3. The van der Waals surface area contributed by atoms with Crippen molar-refractivity contribution in [3.63, 3.8) is 0 Å². The van der Waals surface area contributed by atoms with Crippen molar-refractivity contribution in [3.05, 3.63) is 11.4 Å². The molecule has 3 nitrogen and oxygen atoms in total. The fraction of sp³-hybridized carbons (Fsp3) is 0.900. The Morgan fingerprint density at radius 1 is 1.62 bits per heavy atom. The van der Waals surface area contributed by atoms with E-state index in [2.05, 4.69) is 9.74 Å². The molecular formula is C10H18N2O. The predicted molar refractivity (Wildman–Crippen MR) is 52.3 cm³/mol. The maximum absolute atomic E-state index is 7.23. The summed E-state index contributed by atoms with van der Waals surface area (Å²) in [5, 5.41) is 0. The van der Waals surface area contributed by atoms with Gasteiger partial charge in [0.2, 0.25) is 0 Å². The summed E-state index contributed by atoms with van der Waals surface area (Å²) in [5.74, 6) is 0. The Balaban J connectivity index is 2.55. The van der Waals surface area contributed by atoms with E-state index in [4.69, 9.17) is 11.3 Å². The third-order valence-electron chi connectivity index (χ3n) is 2.64. The molecule has 0 aromatic heterocycles. The molecule has 0 radical (unpaired) electrons. The minimum atomic E-state index is -0.371. The van der Waals surface area contributed by atoms with Crippen LogP contribution in [0.3, 0.4) is 0 Å². The van der Waals surface area contributed by atoms with Crippen LogP contribution in [0.5, 0.6) is 0 Å². The Kier molecular flexibility index (Phi) is 3.29. The zero-order chi connectivity index (χ0) is 9.90. The van der Waals surface area contributed by atoms with Gasteiger partial charge in [0, 0.05) is 13.0 Å². The highest BCUT2D eigenvalue weighted by Gasteiger charge is 2.45. The predicted octanol–water partition coefficient (Wildman–Crippen LogP) is 1.75. The maximum atomic E-state index is 7.23. The quantitative estimate of drug-likeness (QED) is 0.618. The summed E-state index contributed by atoms with van der Waals surface area (Å²) in [6.07, 6.45) is 2.27. The second-order valence-electron chi connectivity index (χ2n) is 3.98. The third-order valence-corrected chi connectivity index (χ3v) is 2.64. The highest BCUT2D eigenvalue weighted by atomic mass is 16.5. The van der Waals surface area contributed by atoms with Gasteiger partial charge >= 0.3 is 5.66 Å². The second kappa shape index (κ2) is 4.08. The lowest BCUT2D eigenvalue weighted by molar-refractivity contribution is 0.0148. The topological polar surface area (TPSA) is 16.8 Å². The molecule has 0 bridgehead atoms. The minimum absolute atomic E-state index is 0.215. The van der Waals surface area contributed by atoms with Gasteiger partial charge in [0.1, 0.15) is 6.61 Å². The van der Waals surface area contributed by atoms with Crippen LogP contribution in [0.2, 0.25) is 0 Å². The molecule has 3 heteroatoms. The van der Waals surface area contributed by atoms with Crippen molar-refractivity contribution < 1.29 is 4.74 Å². The average Bonchev–Trinajstić information content (AvgIpc) is 2.45. The summed E-state index contributed by atoms with van der Waals surface area (Å²) < 4.78 is 5.54. The summed E-state index contributed by atoms with van der Waals surface area (Å²) in [7, 11) is 2.01. The summed E-state index contributed by atoms with van der Waals surface area (Å²) in [6.45, 7) is 12.8. The molecule has 1 saturated heterocycles. The monoisotopic (exact) mass is 182 g/mol. The molecule has 0 aromatic rings. The van der Waals surface area contributed by atoms with Crippen LogP contribution < -0.4 is 0 Å². The van der Waals surface area contributed by atoms with E-state index >= 15 is 0 Å². The van der Waals surface area contributed by atoms with Crippen molar-refractivity contribution in [2.24, 2.45) is 0 Å². The van der Waals surface area contributed by atoms with Gasteiger partial charge in [-0.15, -0.1) is 0 Å². The summed E-state index contributed by atoms with van der Waals surface area (Å²) >= 11 is 0. The summed E-state index contributed by atoms with van der Waals surface area (Å²) in [5.41, 5.74) is -0.371. The molecule has 0 spiro atoms. The van der Waals surface area contributed by atoms with Crippen LogP contribution in [0, 0.1) is 6.57 Å². The van der Waals surface area contributed by atoms with E-state index in [0.717, 1.165) is 19.4 Å². The van der Waals surface area contributed by atoms with E-state index in [-0.39, 0.29) is 11.8 Å². The van der Waals surface area contributed by atoms with Gasteiger partial charge in [-0.2, -0.15) is 0 Å². The lowest BCUT2D eigenvalue weighted by atomic mass is 10.1. The van der Waals surface area contributed by atoms with Crippen LogP contribution >= 0.6 is 0 Å². The lowest BCUT2D eigenvalue weighted by Crippen LogP contribution is -2.42. The molecular weight excluding hydrogens is 164 g/mol. The van der Waals surface area contributed by atoms with Crippen LogP contribution in [0.15, 0.2) is 0 Å². The van der Waals surface area contributed by atoms with E-state index in [0.29, 0.717) is 6.61 Å². The van der Waals surface area contributed by atoms with Crippen LogP contribution in [-0.2, 0) is 4.74 Å². The first kappa shape index (κ1) is 10.5. The van der Waals surface area contributed by atoms with Gasteiger partial charge < -0.3 is 4.74 Å². The molecule has 1 aliphatic heterocycles. The highest BCUT2D eigenvalue weighted by Crippen LogP contribution is 2.29. The summed E-state index contributed by atoms with van der Waals surface area (Å²) in [4.78, 5) is 5.84. The SMILES string of the molecule is [C-]#[N+]C1(COC(C)C)CCCN1C. The Labute approximate surface area is 80.5 Å². The van der Waals surface area contributed by atoms with Crippen LogP contribution in [-0.4, -0.2) is 36.9 Å². The Morgan fingerprint density at radius 2 is 2.31 bits per heavy atom. The van der Waals surface area contributed by atoms with Crippen LogP contribution in [0.25, 0.3) is 4.85 Å². The van der Waals surface area contributed by atoms with Crippen molar-refractivity contribution in [1.29, 1.82) is 0 Å². The van der Waals surface area contributed by atoms with Gasteiger partial charge in [-0.3, -0.25) is 4.85 Å². The number of likely N-dealkylation sites (tertiary alicyclic amines) is 1. The molecule has 1 aliphatic rings. The molecule has 74 valence electrons. The highest BCUT2D eigenvalue weighted by molar-refractivity contribution is 5.01. The smallest absolute Gasteiger partial charge is 0.311 e. The maximum Gasteiger partial charge on any atom is 0.311 e. The van der Waals surface area contributed by atoms with Gasteiger partial charge in [-0.25, -0.2) is 11.5 Å². The number of hydrogen-bond donors (Lipinski definition) is 0. The van der Waals surface area contributed by atoms with E-state index in [1.165, 1.54) is 0 Å². The van der Waals surface area contributed by atoms with Crippen molar-refractivity contribution in [2.45, 2.75) is 38.5 Å². The van der Waals surface area contributed by atoms with Gasteiger partial charge in [0.05, 0.1) is 6.10 Å². The lowest BCUT2D eigenvalue weighted by Gasteiger charge is -2.24. The Bertz CT molecular complexity index is 209. The van der Waals surface area contributed by atoms with Gasteiger partial charge in [-0.1, -0.05) is 0 Å². The van der Waals surface area contributed by atoms with Crippen molar-refractivity contribution >= 4 is 0 Å². The first-order chi connectivity index (χ1) is 6.10. The zero-order valence-corrected chi connectivity index (χ0v) is 8.71. The molecule has 0 aromatic carbocycles. The van der Waals surface area contributed by atoms with Crippen molar-refractivity contribution in [1.82, 2.24) is 4.90 Å². The molecule has 1 atom stereocenters. The largest absolute Gasteiger partial charge is 0.369 e. The Morgan fingerprint density at radius 3 is 2.69 bits per heavy atom. The molecule has 0 N–H and O–H groups in total. The number of likely N-dealkylation sites (N-methyl/N-ethyl adjacent to an activating group) is 1. The molecule has 1 fully saturated rings. The zero-order valence-electron chi connectivity index (χ0n) is 8.71. The van der Waals surface area contributed by atoms with E-state index in [9.17, 15) is 0 Å². The van der Waals surface area contributed by atoms with E-state index in [1.807, 2.05) is 20.9 Å². The first-order valence-electron chi connectivity index (χ1n) is 4.82. The summed E-state index contributed by atoms with van der Waals surface area (Å²) in [6, 6.07) is 0. The standard InChI is InChI=1S/C10H18N2O/c1-9(2)13-8-10(11-3)6-5-7-12(10)4/h9H,5-8H2,1-2,4H3. The molecule has 0 aliphatic carbocycles. The number of hydrogen-bond acceptors (Lipinski definition) is 2. The van der Waals surface area contributed by atoms with Gasteiger partial charge in [0.25, 0.3) is 0 Å². The molecule has 1 rings (SSSR count). The molecule has 1 unspecified atom stereocenters. The van der Waals surface area contributed by atoms with Crippen molar-refractivity contribution in [3.8, 4) is 0 Å². The first-order valence-corrected chi connectivity index (χ1v) is 4.82. The molecule has 0 amide bonds. The molecule has 1 heterocycles. The minimum Gasteiger partial charge on any atom is -0.369 e. The van der Waals surface area contributed by atoms with E-state index < -0.39 is 0 Å². The van der Waals surface area contributed by atoms with Gasteiger partial charge in [-0.05, 0) is 27.3 Å². The number of ether oxygens (including phenoxy) is 1. The van der Waals surface area contributed by atoms with Crippen LogP contribution in [0.1, 0.15) is 26.7 Å². The van der Waals surface area contributed by atoms with Crippen LogP contribution in [0.4, 0.5) is 0 Å². The fourth-order valence-electron chi connectivity index (χ4n) is 1.65. The van der Waals surface area contributed by atoms with Crippen molar-refractivity contribution in [2.75, 3.05) is 20.2 Å². The number of nitrogens with zero attached hydrogens (tertiary/aromatic N) is 2. The average molecular weight is 182 g/mol. The van der Waals surface area contributed by atoms with Gasteiger partial charge in [0.15, 0.2) is 0 Å². The third kappa shape index (κ3) is 2.20. The molecule has 0 saturated carbocycles.